The Bertz CT molecular complexity index is 847. The molecule has 1 aromatic carbocycles. The Kier molecular flexibility index (Phi) is 11.3. The molecule has 0 unspecified atom stereocenters. The summed E-state index contributed by atoms with van der Waals surface area (Å²) in [6, 6.07) is 10.9. The van der Waals surface area contributed by atoms with Crippen LogP contribution in [0.25, 0.3) is 0 Å². The maximum Gasteiger partial charge on any atom is 0.145 e. The van der Waals surface area contributed by atoms with Gasteiger partial charge in [-0.3, -0.25) is 0 Å². The number of hydrogen-bond donors (Lipinski definition) is 1. The Balaban J connectivity index is 1.19. The number of ether oxygens (including phenoxy) is 1. The van der Waals surface area contributed by atoms with Gasteiger partial charge in [-0.05, 0) is 54.9 Å². The number of benzene rings is 1. The predicted octanol–water partition coefficient (Wildman–Crippen LogP) is 8.26. The van der Waals surface area contributed by atoms with E-state index < -0.39 is 0 Å². The van der Waals surface area contributed by atoms with Crippen LogP contribution in [0.2, 0.25) is 0 Å². The molecule has 1 N–H and O–H groups in total. The summed E-state index contributed by atoms with van der Waals surface area (Å²) in [5.41, 5.74) is 2.07. The van der Waals surface area contributed by atoms with Crippen LogP contribution in [0.1, 0.15) is 117 Å². The third-order valence-corrected chi connectivity index (χ3v) is 8.65. The molecule has 0 atom stereocenters. The van der Waals surface area contributed by atoms with E-state index in [0.29, 0.717) is 23.0 Å². The lowest BCUT2D eigenvalue weighted by Crippen LogP contribution is -2.30. The minimum Gasteiger partial charge on any atom is -0.378 e. The first-order valence-corrected chi connectivity index (χ1v) is 14.6. The summed E-state index contributed by atoms with van der Waals surface area (Å²) >= 11 is 0. The zero-order valence-electron chi connectivity index (χ0n) is 23.8. The Morgan fingerprint density at radius 2 is 1.50 bits per heavy atom. The maximum absolute atomic E-state index is 6.23. The van der Waals surface area contributed by atoms with Gasteiger partial charge in [-0.1, -0.05) is 109 Å². The van der Waals surface area contributed by atoms with Gasteiger partial charge in [0.25, 0.3) is 0 Å². The molecule has 3 rings (SSSR count). The first kappa shape index (κ1) is 28.7. The second-order valence-electron chi connectivity index (χ2n) is 12.6. The van der Waals surface area contributed by atoms with E-state index in [2.05, 4.69) is 74.5 Å². The fourth-order valence-electron chi connectivity index (χ4n) is 5.00. The molecule has 202 valence electrons. The molecule has 2 aromatic rings. The summed E-state index contributed by atoms with van der Waals surface area (Å²) in [6.45, 7) is 13.7. The van der Waals surface area contributed by atoms with Crippen molar-refractivity contribution in [1.82, 2.24) is 15.0 Å². The lowest BCUT2D eigenvalue weighted by atomic mass is 9.67. The first-order valence-electron chi connectivity index (χ1n) is 14.6. The van der Waals surface area contributed by atoms with Crippen LogP contribution in [0.3, 0.4) is 0 Å². The summed E-state index contributed by atoms with van der Waals surface area (Å²) in [7, 11) is 0. The highest BCUT2D eigenvalue weighted by Gasteiger charge is 2.31. The molecule has 5 heteroatoms. The van der Waals surface area contributed by atoms with Gasteiger partial charge in [0.15, 0.2) is 0 Å². The Labute approximate surface area is 220 Å². The molecule has 1 heterocycles. The summed E-state index contributed by atoms with van der Waals surface area (Å²) in [5.74, 6) is 1.01. The topological polar surface area (TPSA) is 52.0 Å². The molecule has 5 nitrogen and oxygen atoms in total. The molecule has 1 saturated carbocycles. The molecule has 0 aliphatic heterocycles. The fraction of sp³-hybridized carbons (Fsp3) is 0.742. The monoisotopic (exact) mass is 496 g/mol. The quantitative estimate of drug-likeness (QED) is 0.252. The van der Waals surface area contributed by atoms with Gasteiger partial charge in [-0.2, -0.15) is 0 Å². The Morgan fingerprint density at radius 3 is 2.17 bits per heavy atom. The van der Waals surface area contributed by atoms with Crippen molar-refractivity contribution in [2.75, 3.05) is 11.9 Å². The molecular formula is C31H52N4O. The van der Waals surface area contributed by atoms with E-state index in [1.54, 1.807) is 0 Å². The number of hydrogen-bond acceptors (Lipinski definition) is 4. The normalized spacial score (nSPS) is 18.9. The molecule has 0 spiro atoms. The highest BCUT2D eigenvalue weighted by Crippen LogP contribution is 2.42. The molecular weight excluding hydrogens is 444 g/mol. The third kappa shape index (κ3) is 9.53. The lowest BCUT2D eigenvalue weighted by Gasteiger charge is -2.39. The van der Waals surface area contributed by atoms with Crippen molar-refractivity contribution in [2.24, 2.45) is 10.8 Å². The minimum atomic E-state index is 0.395. The van der Waals surface area contributed by atoms with E-state index in [1.165, 1.54) is 56.9 Å². The molecule has 0 bridgehead atoms. The van der Waals surface area contributed by atoms with Gasteiger partial charge in [0.05, 0.1) is 18.8 Å². The molecule has 1 aliphatic carbocycles. The van der Waals surface area contributed by atoms with Crippen LogP contribution < -0.4 is 5.32 Å². The molecule has 1 aromatic heterocycles. The van der Waals surface area contributed by atoms with Crippen LogP contribution in [0.15, 0.2) is 36.5 Å². The van der Waals surface area contributed by atoms with E-state index in [4.69, 9.17) is 4.74 Å². The van der Waals surface area contributed by atoms with Crippen LogP contribution in [0, 0.1) is 10.8 Å². The van der Waals surface area contributed by atoms with Gasteiger partial charge in [0.2, 0.25) is 0 Å². The number of rotatable bonds is 15. The van der Waals surface area contributed by atoms with Crippen LogP contribution >= 0.6 is 0 Å². The van der Waals surface area contributed by atoms with Crippen molar-refractivity contribution in [3.05, 3.63) is 42.1 Å². The number of nitrogens with one attached hydrogen (secondary N) is 1. The van der Waals surface area contributed by atoms with Gasteiger partial charge in [0, 0.05) is 12.6 Å². The molecule has 36 heavy (non-hydrogen) atoms. The van der Waals surface area contributed by atoms with Gasteiger partial charge in [0.1, 0.15) is 5.82 Å². The number of aromatic nitrogens is 3. The van der Waals surface area contributed by atoms with Gasteiger partial charge in [-0.25, -0.2) is 4.68 Å². The molecule has 0 radical (unpaired) electrons. The van der Waals surface area contributed by atoms with Crippen LogP contribution in [-0.4, -0.2) is 33.7 Å². The minimum absolute atomic E-state index is 0.395. The predicted molar refractivity (Wildman–Crippen MR) is 151 cm³/mol. The highest BCUT2D eigenvalue weighted by atomic mass is 16.5. The Morgan fingerprint density at radius 1 is 0.861 bits per heavy atom. The van der Waals surface area contributed by atoms with Crippen molar-refractivity contribution < 1.29 is 4.74 Å². The summed E-state index contributed by atoms with van der Waals surface area (Å²) in [4.78, 5) is 0. The molecule has 0 amide bonds. The van der Waals surface area contributed by atoms with Crippen molar-refractivity contribution in [1.29, 1.82) is 0 Å². The second kappa shape index (κ2) is 14.2. The SMILES string of the molecule is CC(C)(C)C(C)(C)CCCCCCCCCOC1CCC(Nc2cnnn2Cc2ccccc2)CC1. The fourth-order valence-corrected chi connectivity index (χ4v) is 5.00. The van der Waals surface area contributed by atoms with Crippen molar-refractivity contribution in [3.8, 4) is 0 Å². The van der Waals surface area contributed by atoms with Crippen molar-refractivity contribution >= 4 is 5.82 Å². The summed E-state index contributed by atoms with van der Waals surface area (Å²) in [6.07, 6.45) is 17.6. The molecule has 1 fully saturated rings. The van der Waals surface area contributed by atoms with E-state index in [-0.39, 0.29) is 0 Å². The maximum atomic E-state index is 6.23. The Hall–Kier alpha value is -1.88. The van der Waals surface area contributed by atoms with E-state index >= 15 is 0 Å². The average molecular weight is 497 g/mol. The number of unbranched alkanes of at least 4 members (excludes halogenated alkanes) is 6. The molecule has 0 saturated heterocycles. The standard InChI is InChI=1S/C31H52N4O/c1-30(2,3)31(4,5)22-14-9-7-6-8-10-15-23-36-28-20-18-27(19-21-28)33-29-24-32-34-35(29)25-26-16-12-11-13-17-26/h11-13,16-17,24,27-28,33H,6-10,14-15,18-23,25H2,1-5H3. The van der Waals surface area contributed by atoms with Gasteiger partial charge in [-0.15, -0.1) is 5.10 Å². The number of nitrogens with zero attached hydrogens (tertiary/aromatic N) is 3. The zero-order chi connectivity index (χ0) is 25.9. The smallest absolute Gasteiger partial charge is 0.145 e. The van der Waals surface area contributed by atoms with Crippen LogP contribution in [-0.2, 0) is 11.3 Å². The third-order valence-electron chi connectivity index (χ3n) is 8.65. The van der Waals surface area contributed by atoms with E-state index in [9.17, 15) is 0 Å². The van der Waals surface area contributed by atoms with Gasteiger partial charge >= 0.3 is 0 Å². The first-order chi connectivity index (χ1) is 17.2. The van der Waals surface area contributed by atoms with Crippen molar-refractivity contribution in [3.63, 3.8) is 0 Å². The van der Waals surface area contributed by atoms with E-state index in [0.717, 1.165) is 44.7 Å². The highest BCUT2D eigenvalue weighted by molar-refractivity contribution is 5.33. The summed E-state index contributed by atoms with van der Waals surface area (Å²) < 4.78 is 8.19. The largest absolute Gasteiger partial charge is 0.378 e. The number of anilines is 1. The lowest BCUT2D eigenvalue weighted by molar-refractivity contribution is 0.0242. The molecule has 1 aliphatic rings. The average Bonchev–Trinajstić information content (AvgIpc) is 3.27. The van der Waals surface area contributed by atoms with Gasteiger partial charge < -0.3 is 10.1 Å². The second-order valence-corrected chi connectivity index (χ2v) is 12.6. The zero-order valence-corrected chi connectivity index (χ0v) is 23.8. The summed E-state index contributed by atoms with van der Waals surface area (Å²) in [5, 5.41) is 12.1. The van der Waals surface area contributed by atoms with E-state index in [1.807, 2.05) is 16.9 Å². The van der Waals surface area contributed by atoms with Crippen molar-refractivity contribution in [2.45, 2.75) is 130 Å². The van der Waals surface area contributed by atoms with Crippen LogP contribution in [0.5, 0.6) is 0 Å². The van der Waals surface area contributed by atoms with Crippen LogP contribution in [0.4, 0.5) is 5.82 Å².